The molecule has 0 saturated carbocycles. The van der Waals surface area contributed by atoms with Gasteiger partial charge in [0.15, 0.2) is 17.7 Å². The van der Waals surface area contributed by atoms with Gasteiger partial charge in [0.1, 0.15) is 18.0 Å². The summed E-state index contributed by atoms with van der Waals surface area (Å²) in [5, 5.41) is 2.06. The zero-order valence-corrected chi connectivity index (χ0v) is 14.2. The maximum atomic E-state index is 13.9. The molecular formula is C14H13ClF2N2O4S. The van der Waals surface area contributed by atoms with Crippen LogP contribution in [-0.2, 0) is 19.1 Å². The minimum atomic E-state index is -1.12. The van der Waals surface area contributed by atoms with Gasteiger partial charge in [0.25, 0.3) is 11.8 Å². The van der Waals surface area contributed by atoms with E-state index in [9.17, 15) is 18.4 Å². The van der Waals surface area contributed by atoms with Crippen molar-refractivity contribution in [2.75, 3.05) is 4.31 Å². The molecule has 1 aromatic rings. The number of benzene rings is 1. The minimum Gasteiger partial charge on any atom is -0.341 e. The Bertz CT molecular complexity index is 733. The summed E-state index contributed by atoms with van der Waals surface area (Å²) >= 11 is 9.57. The predicted octanol–water partition coefficient (Wildman–Crippen LogP) is 1.81. The van der Waals surface area contributed by atoms with Crippen molar-refractivity contribution in [1.82, 2.24) is 5.32 Å². The molecule has 24 heavy (non-hydrogen) atoms. The van der Waals surface area contributed by atoms with Crippen molar-refractivity contribution < 1.29 is 27.8 Å². The minimum absolute atomic E-state index is 0.342. The van der Waals surface area contributed by atoms with Gasteiger partial charge in [-0.15, -0.1) is 0 Å². The molecule has 2 amide bonds. The second kappa shape index (κ2) is 5.83. The van der Waals surface area contributed by atoms with Crippen LogP contribution in [0.1, 0.15) is 13.8 Å². The quantitative estimate of drug-likeness (QED) is 0.608. The molecule has 2 aliphatic rings. The lowest BCUT2D eigenvalue weighted by Gasteiger charge is -2.25. The highest BCUT2D eigenvalue weighted by Gasteiger charge is 2.56. The van der Waals surface area contributed by atoms with Crippen LogP contribution in [0.4, 0.5) is 14.5 Å². The second-order valence-corrected chi connectivity index (χ2v) is 6.68. The largest absolute Gasteiger partial charge is 0.341 e. The van der Waals surface area contributed by atoms with E-state index in [0.29, 0.717) is 10.4 Å². The summed E-state index contributed by atoms with van der Waals surface area (Å²) in [6.07, 6.45) is -1.83. The molecule has 10 heteroatoms. The molecule has 130 valence electrons. The Morgan fingerprint density at radius 3 is 2.67 bits per heavy atom. The number of rotatable bonds is 2. The number of anilines is 1. The van der Waals surface area contributed by atoms with Gasteiger partial charge in [-0.1, -0.05) is 24.4 Å². The highest BCUT2D eigenvalue weighted by molar-refractivity contribution is 7.82. The third-order valence-electron chi connectivity index (χ3n) is 3.71. The van der Waals surface area contributed by atoms with E-state index in [1.807, 2.05) is 0 Å². The zero-order chi connectivity index (χ0) is 17.8. The zero-order valence-electron chi connectivity index (χ0n) is 12.5. The first-order valence-corrected chi connectivity index (χ1v) is 7.72. The SMILES string of the molecule is CC1(C)OC2C(C(=O)N(S)c3cc(Cl)c(F)cc3F)NC(=O)[C@H]2O1. The molecule has 2 aliphatic heterocycles. The Balaban J connectivity index is 1.87. The summed E-state index contributed by atoms with van der Waals surface area (Å²) < 4.78 is 38.8. The monoisotopic (exact) mass is 378 g/mol. The van der Waals surface area contributed by atoms with Crippen molar-refractivity contribution in [3.63, 3.8) is 0 Å². The highest BCUT2D eigenvalue weighted by atomic mass is 35.5. The molecule has 0 aromatic heterocycles. The normalized spacial score (nSPS) is 27.8. The van der Waals surface area contributed by atoms with E-state index in [-0.39, 0.29) is 10.7 Å². The van der Waals surface area contributed by atoms with Crippen molar-refractivity contribution in [3.8, 4) is 0 Å². The Morgan fingerprint density at radius 2 is 2.00 bits per heavy atom. The molecule has 2 unspecified atom stereocenters. The van der Waals surface area contributed by atoms with E-state index in [1.165, 1.54) is 0 Å². The van der Waals surface area contributed by atoms with Crippen LogP contribution < -0.4 is 9.62 Å². The first-order chi connectivity index (χ1) is 11.1. The summed E-state index contributed by atoms with van der Waals surface area (Å²) in [4.78, 5) is 24.5. The molecule has 0 bridgehead atoms. The predicted molar refractivity (Wildman–Crippen MR) is 83.6 cm³/mol. The summed E-state index contributed by atoms with van der Waals surface area (Å²) in [5.41, 5.74) is -0.342. The Morgan fingerprint density at radius 1 is 1.33 bits per heavy atom. The van der Waals surface area contributed by atoms with Crippen LogP contribution >= 0.6 is 24.4 Å². The van der Waals surface area contributed by atoms with E-state index >= 15 is 0 Å². The molecule has 2 fully saturated rings. The molecule has 0 aliphatic carbocycles. The second-order valence-electron chi connectivity index (χ2n) is 5.87. The number of amides is 2. The molecule has 3 rings (SSSR count). The molecular weight excluding hydrogens is 366 g/mol. The maximum Gasteiger partial charge on any atom is 0.262 e. The fourth-order valence-corrected chi connectivity index (χ4v) is 3.12. The number of hydrogen-bond donors (Lipinski definition) is 2. The first-order valence-electron chi connectivity index (χ1n) is 6.94. The number of hydrogen-bond acceptors (Lipinski definition) is 5. The Kier molecular flexibility index (Phi) is 4.23. The van der Waals surface area contributed by atoms with Crippen LogP contribution in [0.3, 0.4) is 0 Å². The van der Waals surface area contributed by atoms with Gasteiger partial charge in [0.2, 0.25) is 0 Å². The third-order valence-corrected chi connectivity index (χ3v) is 4.41. The number of nitrogens with zero attached hydrogens (tertiary/aromatic N) is 1. The number of carbonyl (C=O) groups is 2. The van der Waals surface area contributed by atoms with Gasteiger partial charge in [-0.25, -0.2) is 8.78 Å². The van der Waals surface area contributed by atoms with Crippen LogP contribution in [0.5, 0.6) is 0 Å². The van der Waals surface area contributed by atoms with Gasteiger partial charge in [0, 0.05) is 6.07 Å². The molecule has 0 spiro atoms. The summed E-state index contributed by atoms with van der Waals surface area (Å²) in [7, 11) is 0. The van der Waals surface area contributed by atoms with E-state index in [0.717, 1.165) is 6.07 Å². The van der Waals surface area contributed by atoms with Crippen LogP contribution in [0.15, 0.2) is 12.1 Å². The lowest BCUT2D eigenvalue weighted by Crippen LogP contribution is -2.47. The van der Waals surface area contributed by atoms with E-state index in [1.54, 1.807) is 13.8 Å². The van der Waals surface area contributed by atoms with Gasteiger partial charge >= 0.3 is 0 Å². The van der Waals surface area contributed by atoms with Crippen LogP contribution in [0, 0.1) is 11.6 Å². The van der Waals surface area contributed by atoms with Crippen molar-refractivity contribution in [3.05, 3.63) is 28.8 Å². The van der Waals surface area contributed by atoms with Crippen molar-refractivity contribution in [1.29, 1.82) is 0 Å². The Hall–Kier alpha value is -1.42. The lowest BCUT2D eigenvalue weighted by atomic mass is 10.1. The van der Waals surface area contributed by atoms with Crippen molar-refractivity contribution in [2.45, 2.75) is 37.9 Å². The first kappa shape index (κ1) is 17.4. The fraction of sp³-hybridized carbons (Fsp3) is 0.429. The molecule has 3 atom stereocenters. The van der Waals surface area contributed by atoms with Gasteiger partial charge < -0.3 is 14.8 Å². The molecule has 6 nitrogen and oxygen atoms in total. The Labute approximate surface area is 146 Å². The smallest absolute Gasteiger partial charge is 0.262 e. The molecule has 2 heterocycles. The van der Waals surface area contributed by atoms with Gasteiger partial charge in [-0.2, -0.15) is 0 Å². The summed E-state index contributed by atoms with van der Waals surface area (Å²) in [6, 6.07) is 0.356. The van der Waals surface area contributed by atoms with E-state index < -0.39 is 47.5 Å². The standard InChI is InChI=1S/C14H13ClF2N2O4S/c1-14(2)22-10-9(18-12(20)11(10)23-14)13(21)19(24)8-3-5(15)6(16)4-7(8)17/h3-4,9-11,24H,1-2H3,(H,18,20)/t9?,10?,11-/m0/s1. The van der Waals surface area contributed by atoms with Crippen LogP contribution in [0.2, 0.25) is 5.02 Å². The van der Waals surface area contributed by atoms with Crippen molar-refractivity contribution >= 4 is 41.9 Å². The number of thiol groups is 1. The summed E-state index contributed by atoms with van der Waals surface area (Å²) in [6.45, 7) is 3.22. The highest BCUT2D eigenvalue weighted by Crippen LogP contribution is 2.35. The number of nitrogens with one attached hydrogen (secondary N) is 1. The van der Waals surface area contributed by atoms with Gasteiger partial charge in [0.05, 0.1) is 10.7 Å². The molecule has 2 saturated heterocycles. The van der Waals surface area contributed by atoms with Crippen LogP contribution in [-0.4, -0.2) is 35.9 Å². The number of fused-ring (bicyclic) bond motifs is 1. The number of ether oxygens (including phenoxy) is 2. The molecule has 1 N–H and O–H groups in total. The van der Waals surface area contributed by atoms with Gasteiger partial charge in [-0.05, 0) is 19.9 Å². The third kappa shape index (κ3) is 2.85. The topological polar surface area (TPSA) is 67.9 Å². The van der Waals surface area contributed by atoms with Crippen molar-refractivity contribution in [2.24, 2.45) is 0 Å². The lowest BCUT2D eigenvalue weighted by molar-refractivity contribution is -0.163. The van der Waals surface area contributed by atoms with Crippen LogP contribution in [0.25, 0.3) is 0 Å². The summed E-state index contributed by atoms with van der Waals surface area (Å²) in [5.74, 6) is -4.29. The average Bonchev–Trinajstić information content (AvgIpc) is 2.96. The average molecular weight is 379 g/mol. The fourth-order valence-electron chi connectivity index (χ4n) is 2.68. The number of halogens is 3. The van der Waals surface area contributed by atoms with E-state index in [2.05, 4.69) is 18.1 Å². The molecule has 0 radical (unpaired) electrons. The maximum absolute atomic E-state index is 13.9. The molecule has 1 aromatic carbocycles. The van der Waals surface area contributed by atoms with E-state index in [4.69, 9.17) is 21.1 Å². The van der Waals surface area contributed by atoms with Gasteiger partial charge in [-0.3, -0.25) is 13.9 Å². The number of carbonyl (C=O) groups excluding carboxylic acids is 2.